The number of sulfone groups is 1. The van der Waals surface area contributed by atoms with E-state index in [0.717, 1.165) is 25.1 Å². The van der Waals surface area contributed by atoms with Crippen LogP contribution in [0.15, 0.2) is 12.4 Å². The molecule has 0 spiro atoms. The van der Waals surface area contributed by atoms with Crippen molar-refractivity contribution in [2.24, 2.45) is 7.05 Å². The van der Waals surface area contributed by atoms with Crippen molar-refractivity contribution >= 4 is 15.9 Å². The van der Waals surface area contributed by atoms with E-state index in [9.17, 15) is 13.2 Å². The fourth-order valence-corrected chi connectivity index (χ4v) is 5.37. The Labute approximate surface area is 148 Å². The minimum absolute atomic E-state index is 0.0239. The molecule has 8 nitrogen and oxygen atoms in total. The normalized spacial score (nSPS) is 29.7. The molecule has 1 saturated carbocycles. The topological polar surface area (TPSA) is 87.5 Å². The predicted octanol–water partition coefficient (Wildman–Crippen LogP) is 0.138. The summed E-state index contributed by atoms with van der Waals surface area (Å²) < 4.78 is 25.8. The van der Waals surface area contributed by atoms with Gasteiger partial charge in [0.15, 0.2) is 9.84 Å². The van der Waals surface area contributed by atoms with E-state index in [1.54, 1.807) is 29.0 Å². The number of carbonyl (C=O) groups is 1. The second-order valence-electron chi connectivity index (χ2n) is 7.43. The largest absolute Gasteiger partial charge is 0.334 e. The van der Waals surface area contributed by atoms with Crippen LogP contribution < -0.4 is 5.32 Å². The molecule has 1 N–H and O–H groups in total. The number of aryl methyl sites for hydroxylation is 1. The summed E-state index contributed by atoms with van der Waals surface area (Å²) in [7, 11) is -1.36. The molecule has 1 aromatic heterocycles. The number of hydrogen-bond acceptors (Lipinski definition) is 5. The van der Waals surface area contributed by atoms with Gasteiger partial charge in [0.05, 0.1) is 23.7 Å². The van der Waals surface area contributed by atoms with E-state index in [1.807, 2.05) is 0 Å². The number of carbonyl (C=O) groups excluding carboxylic acids is 1. The van der Waals surface area contributed by atoms with Crippen molar-refractivity contribution in [2.45, 2.75) is 37.4 Å². The average Bonchev–Trinajstić information content (AvgIpc) is 3.15. The molecule has 0 radical (unpaired) electrons. The molecule has 2 atom stereocenters. The number of likely N-dealkylation sites (tertiary alicyclic amines) is 1. The standard InChI is InChI=1S/C16H25N5O3S/c1-19-9-12(8-17-19)15-11-25(23,24)7-6-21(15)16(22)18-13-4-5-20(10-13)14-2-3-14/h8-9,13-15H,2-7,10-11H2,1H3,(H,18,22). The molecule has 1 aliphatic carbocycles. The number of nitrogens with one attached hydrogen (secondary N) is 1. The van der Waals surface area contributed by atoms with Crippen molar-refractivity contribution in [1.82, 2.24) is 24.9 Å². The molecule has 2 saturated heterocycles. The van der Waals surface area contributed by atoms with Crippen molar-refractivity contribution in [1.29, 1.82) is 0 Å². The molecule has 4 rings (SSSR count). The van der Waals surface area contributed by atoms with E-state index in [1.165, 1.54) is 12.8 Å². The van der Waals surface area contributed by atoms with Gasteiger partial charge in [-0.1, -0.05) is 0 Å². The quantitative estimate of drug-likeness (QED) is 0.821. The van der Waals surface area contributed by atoms with E-state index in [0.29, 0.717) is 6.04 Å². The molecule has 2 unspecified atom stereocenters. The lowest BCUT2D eigenvalue weighted by atomic mass is 10.1. The van der Waals surface area contributed by atoms with Gasteiger partial charge in [-0.2, -0.15) is 5.10 Å². The number of urea groups is 1. The monoisotopic (exact) mass is 367 g/mol. The van der Waals surface area contributed by atoms with Crippen LogP contribution in [-0.4, -0.2) is 77.3 Å². The van der Waals surface area contributed by atoms with E-state index in [-0.39, 0.29) is 30.1 Å². The Balaban J connectivity index is 1.45. The Kier molecular flexibility index (Phi) is 4.23. The molecule has 2 aliphatic heterocycles. The third-order valence-corrected chi connectivity index (χ3v) is 7.04. The summed E-state index contributed by atoms with van der Waals surface area (Å²) in [5.41, 5.74) is 0.770. The molecule has 138 valence electrons. The Morgan fingerprint density at radius 3 is 2.76 bits per heavy atom. The summed E-state index contributed by atoms with van der Waals surface area (Å²) in [6.07, 6.45) is 6.94. The zero-order valence-electron chi connectivity index (χ0n) is 14.5. The minimum atomic E-state index is -3.14. The third-order valence-electron chi connectivity index (χ3n) is 5.41. The van der Waals surface area contributed by atoms with Gasteiger partial charge >= 0.3 is 6.03 Å². The highest BCUT2D eigenvalue weighted by Crippen LogP contribution is 2.30. The molecular formula is C16H25N5O3S. The maximum Gasteiger partial charge on any atom is 0.318 e. The van der Waals surface area contributed by atoms with Crippen LogP contribution in [0.1, 0.15) is 30.9 Å². The molecule has 3 heterocycles. The van der Waals surface area contributed by atoms with E-state index in [4.69, 9.17) is 0 Å². The maximum atomic E-state index is 12.8. The first kappa shape index (κ1) is 16.8. The molecule has 3 fully saturated rings. The lowest BCUT2D eigenvalue weighted by Gasteiger charge is -2.35. The van der Waals surface area contributed by atoms with Crippen LogP contribution in [0.5, 0.6) is 0 Å². The number of rotatable bonds is 3. The second kappa shape index (κ2) is 6.28. The van der Waals surface area contributed by atoms with Crippen molar-refractivity contribution < 1.29 is 13.2 Å². The van der Waals surface area contributed by atoms with Gasteiger partial charge in [-0.3, -0.25) is 9.58 Å². The van der Waals surface area contributed by atoms with Gasteiger partial charge in [-0.15, -0.1) is 0 Å². The smallest absolute Gasteiger partial charge is 0.318 e. The first-order valence-electron chi connectivity index (χ1n) is 8.91. The molecule has 3 aliphatic rings. The third kappa shape index (κ3) is 3.67. The highest BCUT2D eigenvalue weighted by Gasteiger charge is 2.38. The summed E-state index contributed by atoms with van der Waals surface area (Å²) in [6.45, 7) is 2.17. The summed E-state index contributed by atoms with van der Waals surface area (Å²) >= 11 is 0. The fourth-order valence-electron chi connectivity index (χ4n) is 3.87. The molecular weight excluding hydrogens is 342 g/mol. The van der Waals surface area contributed by atoms with Gasteiger partial charge in [0.1, 0.15) is 0 Å². The van der Waals surface area contributed by atoms with Crippen molar-refractivity contribution in [3.8, 4) is 0 Å². The van der Waals surface area contributed by atoms with Crippen LogP contribution in [0, 0.1) is 0 Å². The number of amides is 2. The van der Waals surface area contributed by atoms with Crippen molar-refractivity contribution in [3.05, 3.63) is 18.0 Å². The van der Waals surface area contributed by atoms with Crippen LogP contribution >= 0.6 is 0 Å². The summed E-state index contributed by atoms with van der Waals surface area (Å²) in [5, 5.41) is 7.25. The number of aromatic nitrogens is 2. The molecule has 1 aromatic rings. The lowest BCUT2D eigenvalue weighted by molar-refractivity contribution is 0.176. The average molecular weight is 367 g/mol. The van der Waals surface area contributed by atoms with Gasteiger partial charge in [-0.25, -0.2) is 13.2 Å². The minimum Gasteiger partial charge on any atom is -0.334 e. The Bertz CT molecular complexity index is 758. The summed E-state index contributed by atoms with van der Waals surface area (Å²) in [6, 6.07) is 0.242. The first-order chi connectivity index (χ1) is 11.9. The fraction of sp³-hybridized carbons (Fsp3) is 0.750. The Morgan fingerprint density at radius 1 is 1.28 bits per heavy atom. The van der Waals surface area contributed by atoms with Crippen LogP contribution in [0.4, 0.5) is 4.79 Å². The second-order valence-corrected chi connectivity index (χ2v) is 9.66. The summed E-state index contributed by atoms with van der Waals surface area (Å²) in [4.78, 5) is 16.9. The molecule has 9 heteroatoms. The van der Waals surface area contributed by atoms with E-state index >= 15 is 0 Å². The van der Waals surface area contributed by atoms with Crippen molar-refractivity contribution in [3.63, 3.8) is 0 Å². The first-order valence-corrected chi connectivity index (χ1v) is 10.7. The number of hydrogen-bond donors (Lipinski definition) is 1. The van der Waals surface area contributed by atoms with Gasteiger partial charge in [0.2, 0.25) is 0 Å². The SMILES string of the molecule is Cn1cc(C2CS(=O)(=O)CCN2C(=O)NC2CCN(C3CC3)C2)cn1. The maximum absolute atomic E-state index is 12.8. The molecule has 25 heavy (non-hydrogen) atoms. The molecule has 0 bridgehead atoms. The lowest BCUT2D eigenvalue weighted by Crippen LogP contribution is -2.52. The van der Waals surface area contributed by atoms with Gasteiger partial charge in [0.25, 0.3) is 0 Å². The van der Waals surface area contributed by atoms with Gasteiger partial charge in [-0.05, 0) is 19.3 Å². The van der Waals surface area contributed by atoms with Crippen LogP contribution in [0.2, 0.25) is 0 Å². The van der Waals surface area contributed by atoms with Crippen molar-refractivity contribution in [2.75, 3.05) is 31.1 Å². The molecule has 2 amide bonds. The predicted molar refractivity (Wildman–Crippen MR) is 92.8 cm³/mol. The highest BCUT2D eigenvalue weighted by atomic mass is 32.2. The Hall–Kier alpha value is -1.61. The summed E-state index contributed by atoms with van der Waals surface area (Å²) in [5.74, 6) is -0.0129. The zero-order chi connectivity index (χ0) is 17.6. The van der Waals surface area contributed by atoms with Crippen LogP contribution in [0.25, 0.3) is 0 Å². The van der Waals surface area contributed by atoms with Gasteiger partial charge in [0, 0.05) is 50.5 Å². The Morgan fingerprint density at radius 2 is 2.08 bits per heavy atom. The number of nitrogens with zero attached hydrogens (tertiary/aromatic N) is 4. The highest BCUT2D eigenvalue weighted by molar-refractivity contribution is 7.91. The van der Waals surface area contributed by atoms with Gasteiger partial charge < -0.3 is 10.2 Å². The molecule has 0 aromatic carbocycles. The van der Waals surface area contributed by atoms with E-state index in [2.05, 4.69) is 15.3 Å². The van der Waals surface area contributed by atoms with E-state index < -0.39 is 15.9 Å². The zero-order valence-corrected chi connectivity index (χ0v) is 15.3. The van der Waals surface area contributed by atoms with Crippen LogP contribution in [-0.2, 0) is 16.9 Å². The van der Waals surface area contributed by atoms with Crippen LogP contribution in [0.3, 0.4) is 0 Å².